The molecule has 0 aliphatic heterocycles. The van der Waals surface area contributed by atoms with Crippen LogP contribution in [0.3, 0.4) is 0 Å². The maximum Gasteiger partial charge on any atom is 0.158 e. The molecule has 0 aromatic carbocycles. The molecule has 0 aromatic heterocycles. The summed E-state index contributed by atoms with van der Waals surface area (Å²) in [6.07, 6.45) is 8.71. The van der Waals surface area contributed by atoms with Gasteiger partial charge in [0.25, 0.3) is 0 Å². The number of rotatable bonds is 12. The van der Waals surface area contributed by atoms with Crippen LogP contribution in [0.1, 0.15) is 72.1 Å². The lowest BCUT2D eigenvalue weighted by Crippen LogP contribution is -2.61. The Morgan fingerprint density at radius 2 is 1.53 bits per heavy atom. The highest BCUT2D eigenvalue weighted by atomic mass is 19.2. The molecular formula is C28H38F4O2. The van der Waals surface area contributed by atoms with Gasteiger partial charge >= 0.3 is 0 Å². The molecule has 3 unspecified atom stereocenters. The van der Waals surface area contributed by atoms with Crippen LogP contribution in [0.2, 0.25) is 0 Å². The van der Waals surface area contributed by atoms with Gasteiger partial charge in [0.2, 0.25) is 0 Å². The summed E-state index contributed by atoms with van der Waals surface area (Å²) in [4.78, 5) is 0. The van der Waals surface area contributed by atoms with E-state index in [0.29, 0.717) is 36.9 Å². The second-order valence-electron chi connectivity index (χ2n) is 10.8. The normalized spacial score (nSPS) is 32.6. The van der Waals surface area contributed by atoms with Crippen molar-refractivity contribution in [3.8, 4) is 0 Å². The molecule has 0 radical (unpaired) electrons. The van der Waals surface area contributed by atoms with E-state index < -0.39 is 29.2 Å². The number of ether oxygens (including phenoxy) is 2. The van der Waals surface area contributed by atoms with Gasteiger partial charge in [-0.1, -0.05) is 32.6 Å². The minimum absolute atomic E-state index is 0.140. The van der Waals surface area contributed by atoms with E-state index in [1.807, 2.05) is 0 Å². The number of halogens is 4. The third-order valence-corrected chi connectivity index (χ3v) is 7.40. The summed E-state index contributed by atoms with van der Waals surface area (Å²) in [7, 11) is 0. The third-order valence-electron chi connectivity index (χ3n) is 7.40. The lowest BCUT2D eigenvalue weighted by molar-refractivity contribution is -0.231. The van der Waals surface area contributed by atoms with E-state index in [2.05, 4.69) is 13.2 Å². The zero-order chi connectivity index (χ0) is 25.1. The van der Waals surface area contributed by atoms with Crippen molar-refractivity contribution in [3.05, 3.63) is 59.8 Å². The number of allylic oxidation sites excluding steroid dienone is 5. The minimum Gasteiger partial charge on any atom is -0.371 e. The molecule has 0 aromatic rings. The van der Waals surface area contributed by atoms with Gasteiger partial charge in [-0.15, -0.1) is 0 Å². The highest BCUT2D eigenvalue weighted by Gasteiger charge is 2.59. The summed E-state index contributed by atoms with van der Waals surface area (Å²) in [5, 5.41) is 0. The van der Waals surface area contributed by atoms with Crippen LogP contribution in [0.5, 0.6) is 0 Å². The zero-order valence-corrected chi connectivity index (χ0v) is 20.7. The number of hydrogen-bond acceptors (Lipinski definition) is 2. The Kier molecular flexibility index (Phi) is 8.67. The van der Waals surface area contributed by atoms with Crippen molar-refractivity contribution in [3.63, 3.8) is 0 Å². The molecule has 0 N–H and O–H groups in total. The quantitative estimate of drug-likeness (QED) is 0.158. The van der Waals surface area contributed by atoms with E-state index >= 15 is 0 Å². The van der Waals surface area contributed by atoms with Crippen molar-refractivity contribution in [2.24, 2.45) is 17.8 Å². The lowest BCUT2D eigenvalue weighted by Gasteiger charge is -2.61. The van der Waals surface area contributed by atoms with Crippen molar-refractivity contribution in [1.29, 1.82) is 0 Å². The maximum absolute atomic E-state index is 14.0. The molecule has 3 atom stereocenters. The van der Waals surface area contributed by atoms with E-state index in [1.54, 1.807) is 13.8 Å². The predicted octanol–water partition coefficient (Wildman–Crippen LogP) is 8.54. The average molecular weight is 483 g/mol. The van der Waals surface area contributed by atoms with Crippen molar-refractivity contribution in [2.75, 3.05) is 13.2 Å². The number of hydrogen-bond donors (Lipinski definition) is 0. The molecule has 2 nitrogen and oxygen atoms in total. The molecular weight excluding hydrogens is 444 g/mol. The fourth-order valence-electron chi connectivity index (χ4n) is 6.42. The van der Waals surface area contributed by atoms with E-state index in [1.165, 1.54) is 6.08 Å². The largest absolute Gasteiger partial charge is 0.371 e. The summed E-state index contributed by atoms with van der Waals surface area (Å²) in [5.74, 6) is -2.91. The standard InChI is InChI=1S/C28H38F4O2/c1-6-7-24(30)25(31)9-19(3)16-34-28-13-22-10-23(14-28)12-27(11-22,17-28)33-15-18(2)8-20(4)26(32)21(5)29/h7,9,20,22-23H,2-3,6,8,10-17H2,1,4-5H3/b24-7+,25-9+,26-21-. The second-order valence-corrected chi connectivity index (χ2v) is 10.8. The Bertz CT molecular complexity index is 867. The van der Waals surface area contributed by atoms with Crippen LogP contribution >= 0.6 is 0 Å². The topological polar surface area (TPSA) is 18.5 Å². The molecule has 0 heterocycles. The smallest absolute Gasteiger partial charge is 0.158 e. The highest BCUT2D eigenvalue weighted by molar-refractivity contribution is 5.28. The van der Waals surface area contributed by atoms with Crippen molar-refractivity contribution >= 4 is 0 Å². The first kappa shape index (κ1) is 26.9. The Morgan fingerprint density at radius 3 is 2.06 bits per heavy atom. The van der Waals surface area contributed by atoms with Crippen LogP contribution in [0.25, 0.3) is 0 Å². The van der Waals surface area contributed by atoms with E-state index in [9.17, 15) is 17.6 Å². The molecule has 0 amide bonds. The molecule has 4 saturated carbocycles. The second kappa shape index (κ2) is 10.9. The van der Waals surface area contributed by atoms with E-state index in [-0.39, 0.29) is 17.8 Å². The average Bonchev–Trinajstić information content (AvgIpc) is 2.75. The van der Waals surface area contributed by atoms with Crippen LogP contribution in [-0.4, -0.2) is 24.4 Å². The molecule has 0 spiro atoms. The first-order chi connectivity index (χ1) is 16.0. The van der Waals surface area contributed by atoms with Crippen molar-refractivity contribution in [2.45, 2.75) is 83.3 Å². The summed E-state index contributed by atoms with van der Waals surface area (Å²) in [6.45, 7) is 12.8. The summed E-state index contributed by atoms with van der Waals surface area (Å²) < 4.78 is 67.4. The monoisotopic (exact) mass is 482 g/mol. The fraction of sp³-hybridized carbons (Fsp3) is 0.643. The highest BCUT2D eigenvalue weighted by Crippen LogP contribution is 2.60. The minimum atomic E-state index is -0.928. The molecule has 0 saturated heterocycles. The SMILES string of the molecule is C=C(/C=C(F)\C(F)=C/CC)COC12CC3CC(C1)CC(OCC(=C)CC(C)/C(F)=C(\C)F)(C3)C2. The van der Waals surface area contributed by atoms with Gasteiger partial charge in [-0.2, -0.15) is 0 Å². The molecule has 4 rings (SSSR count). The molecule has 4 aliphatic rings. The Balaban J connectivity index is 1.60. The maximum atomic E-state index is 14.0. The Morgan fingerprint density at radius 1 is 0.971 bits per heavy atom. The predicted molar refractivity (Wildman–Crippen MR) is 128 cm³/mol. The van der Waals surface area contributed by atoms with E-state index in [0.717, 1.165) is 57.1 Å². The zero-order valence-electron chi connectivity index (χ0n) is 20.7. The molecule has 34 heavy (non-hydrogen) atoms. The lowest BCUT2D eigenvalue weighted by atomic mass is 9.52. The van der Waals surface area contributed by atoms with Gasteiger partial charge in [0.05, 0.1) is 24.4 Å². The Hall–Kier alpha value is -1.66. The van der Waals surface area contributed by atoms with Gasteiger partial charge in [0, 0.05) is 12.3 Å². The van der Waals surface area contributed by atoms with Crippen molar-refractivity contribution < 1.29 is 27.0 Å². The summed E-state index contributed by atoms with van der Waals surface area (Å²) in [6, 6.07) is 0. The fourth-order valence-corrected chi connectivity index (χ4v) is 6.42. The molecule has 4 bridgehead atoms. The van der Waals surface area contributed by atoms with Gasteiger partial charge in [-0.05, 0) is 81.4 Å². The first-order valence-corrected chi connectivity index (χ1v) is 12.3. The van der Waals surface area contributed by atoms with Gasteiger partial charge in [-0.25, -0.2) is 17.6 Å². The summed E-state index contributed by atoms with van der Waals surface area (Å²) >= 11 is 0. The van der Waals surface area contributed by atoms with Gasteiger partial charge in [0.15, 0.2) is 11.7 Å². The Labute approximate surface area is 201 Å². The van der Waals surface area contributed by atoms with Gasteiger partial charge in [-0.3, -0.25) is 0 Å². The van der Waals surface area contributed by atoms with Gasteiger partial charge < -0.3 is 9.47 Å². The first-order valence-electron chi connectivity index (χ1n) is 12.3. The van der Waals surface area contributed by atoms with Gasteiger partial charge in [0.1, 0.15) is 11.7 Å². The molecule has 6 heteroatoms. The molecule has 190 valence electrons. The van der Waals surface area contributed by atoms with Crippen molar-refractivity contribution in [1.82, 2.24) is 0 Å². The van der Waals surface area contributed by atoms with E-state index in [4.69, 9.17) is 9.47 Å². The third kappa shape index (κ3) is 6.51. The van der Waals surface area contributed by atoms with Crippen LogP contribution in [0.4, 0.5) is 17.6 Å². The van der Waals surface area contributed by atoms with Crippen LogP contribution in [0.15, 0.2) is 59.8 Å². The van der Waals surface area contributed by atoms with Crippen LogP contribution in [0, 0.1) is 17.8 Å². The summed E-state index contributed by atoms with van der Waals surface area (Å²) in [5.41, 5.74) is 0.456. The van der Waals surface area contributed by atoms with Crippen LogP contribution < -0.4 is 0 Å². The van der Waals surface area contributed by atoms with Crippen LogP contribution in [-0.2, 0) is 9.47 Å². The molecule has 4 fully saturated rings. The molecule has 4 aliphatic carbocycles.